The van der Waals surface area contributed by atoms with Crippen molar-refractivity contribution in [3.8, 4) is 11.5 Å². The van der Waals surface area contributed by atoms with Gasteiger partial charge in [0, 0.05) is 30.0 Å². The van der Waals surface area contributed by atoms with Crippen LogP contribution in [0.25, 0.3) is 0 Å². The van der Waals surface area contributed by atoms with E-state index in [4.69, 9.17) is 9.47 Å². The summed E-state index contributed by atoms with van der Waals surface area (Å²) in [4.78, 5) is 29.0. The fraction of sp³-hybridized carbons (Fsp3) is 0.267. The van der Waals surface area contributed by atoms with Crippen molar-refractivity contribution in [3.05, 3.63) is 29.3 Å². The molecular weight excluding hydrogens is 318 g/mol. The number of aromatic nitrogens is 1. The van der Waals surface area contributed by atoms with Gasteiger partial charge in [-0.25, -0.2) is 4.98 Å². The van der Waals surface area contributed by atoms with Crippen molar-refractivity contribution in [3.63, 3.8) is 0 Å². The maximum absolute atomic E-state index is 11.6. The summed E-state index contributed by atoms with van der Waals surface area (Å²) in [6.07, 6.45) is 0.594. The summed E-state index contributed by atoms with van der Waals surface area (Å²) in [5.41, 5.74) is 1.53. The number of benzene rings is 1. The van der Waals surface area contributed by atoms with Crippen LogP contribution < -0.4 is 14.8 Å². The van der Waals surface area contributed by atoms with E-state index in [1.54, 1.807) is 0 Å². The second kappa shape index (κ2) is 5.54. The Hall–Kier alpha value is -2.61. The number of hydrogen-bond donors (Lipinski definition) is 1. The highest BCUT2D eigenvalue weighted by molar-refractivity contribution is 7.13. The topological polar surface area (TPSA) is 80.8 Å². The number of fused-ring (bicyclic) bond motifs is 1. The van der Waals surface area contributed by atoms with Gasteiger partial charge in [-0.15, -0.1) is 11.3 Å². The first-order valence-electron chi connectivity index (χ1n) is 7.13. The van der Waals surface area contributed by atoms with Crippen LogP contribution in [0.2, 0.25) is 0 Å². The number of carbonyl (C=O) groups is 2. The van der Waals surface area contributed by atoms with Gasteiger partial charge in [-0.05, 0) is 12.1 Å². The van der Waals surface area contributed by atoms with Gasteiger partial charge in [0.15, 0.2) is 16.6 Å². The van der Waals surface area contributed by atoms with E-state index < -0.39 is 0 Å². The molecule has 0 saturated carbocycles. The number of carbonyl (C=O) groups excluding carboxylic acids is 2. The number of hydrogen-bond acceptors (Lipinski definition) is 7. The third kappa shape index (κ3) is 2.72. The predicted molar refractivity (Wildman–Crippen MR) is 82.8 cm³/mol. The van der Waals surface area contributed by atoms with Crippen molar-refractivity contribution in [2.45, 2.75) is 19.4 Å². The molecule has 0 bridgehead atoms. The van der Waals surface area contributed by atoms with E-state index in [2.05, 4.69) is 10.3 Å². The quantitative estimate of drug-likeness (QED) is 0.866. The second-order valence-corrected chi connectivity index (χ2v) is 6.07. The normalized spacial score (nSPS) is 16.3. The van der Waals surface area contributed by atoms with Crippen molar-refractivity contribution >= 4 is 34.0 Å². The molecule has 1 aromatic heterocycles. The van der Waals surface area contributed by atoms with Gasteiger partial charge in [0.05, 0.1) is 12.2 Å². The first-order chi connectivity index (χ1) is 11.2. The van der Waals surface area contributed by atoms with E-state index in [0.29, 0.717) is 29.4 Å². The Morgan fingerprint density at radius 2 is 1.96 bits per heavy atom. The van der Waals surface area contributed by atoms with Crippen LogP contribution in [-0.2, 0) is 16.1 Å². The van der Waals surface area contributed by atoms with Gasteiger partial charge >= 0.3 is 0 Å². The van der Waals surface area contributed by atoms with Crippen molar-refractivity contribution in [1.29, 1.82) is 0 Å². The lowest BCUT2D eigenvalue weighted by molar-refractivity contribution is -0.139. The summed E-state index contributed by atoms with van der Waals surface area (Å²) in [5, 5.41) is 5.72. The van der Waals surface area contributed by atoms with Crippen LogP contribution in [0.1, 0.15) is 18.5 Å². The summed E-state index contributed by atoms with van der Waals surface area (Å²) in [6.45, 7) is 0.467. The van der Waals surface area contributed by atoms with Crippen LogP contribution in [0, 0.1) is 0 Å². The van der Waals surface area contributed by atoms with E-state index in [1.165, 1.54) is 16.2 Å². The van der Waals surface area contributed by atoms with Gasteiger partial charge in [-0.1, -0.05) is 0 Å². The van der Waals surface area contributed by atoms with Crippen molar-refractivity contribution in [2.24, 2.45) is 0 Å². The van der Waals surface area contributed by atoms with Gasteiger partial charge < -0.3 is 14.8 Å². The standard InChI is InChI=1S/C15H13N3O4S/c19-13-3-4-14(20)18(13)6-10-7-23-15(17-10)16-9-1-2-11-12(5-9)22-8-21-11/h1-2,5,7H,3-4,6,8H2,(H,16,17). The molecule has 3 heterocycles. The molecule has 2 aromatic rings. The average molecular weight is 331 g/mol. The lowest BCUT2D eigenvalue weighted by Gasteiger charge is -2.11. The molecule has 1 aromatic carbocycles. The van der Waals surface area contributed by atoms with E-state index in [1.807, 2.05) is 23.6 Å². The summed E-state index contributed by atoms with van der Waals surface area (Å²) >= 11 is 1.42. The lowest BCUT2D eigenvalue weighted by atomic mass is 10.3. The molecule has 0 aliphatic carbocycles. The number of anilines is 2. The molecule has 1 N–H and O–H groups in total. The number of thiazole rings is 1. The number of nitrogens with zero attached hydrogens (tertiary/aromatic N) is 2. The summed E-state index contributed by atoms with van der Waals surface area (Å²) in [7, 11) is 0. The third-order valence-corrected chi connectivity index (χ3v) is 4.46. The Balaban J connectivity index is 1.46. The zero-order chi connectivity index (χ0) is 15.8. The van der Waals surface area contributed by atoms with Crippen molar-refractivity contribution in [2.75, 3.05) is 12.1 Å². The van der Waals surface area contributed by atoms with Crippen LogP contribution in [0.5, 0.6) is 11.5 Å². The van der Waals surface area contributed by atoms with Gasteiger partial charge in [-0.3, -0.25) is 14.5 Å². The van der Waals surface area contributed by atoms with Crippen molar-refractivity contribution < 1.29 is 19.1 Å². The number of amides is 2. The van der Waals surface area contributed by atoms with Crippen LogP contribution in [-0.4, -0.2) is 28.5 Å². The average Bonchev–Trinajstić information content (AvgIpc) is 3.24. The minimum atomic E-state index is -0.131. The molecule has 118 valence electrons. The molecule has 8 heteroatoms. The summed E-state index contributed by atoms with van der Waals surface area (Å²) in [5.74, 6) is 1.16. The van der Waals surface area contributed by atoms with Crippen LogP contribution >= 0.6 is 11.3 Å². The fourth-order valence-corrected chi connectivity index (χ4v) is 3.22. The zero-order valence-electron chi connectivity index (χ0n) is 12.1. The van der Waals surface area contributed by atoms with Gasteiger partial charge in [0.1, 0.15) is 0 Å². The molecule has 0 unspecified atom stereocenters. The lowest BCUT2D eigenvalue weighted by Crippen LogP contribution is -2.28. The Labute approximate surface area is 135 Å². The first-order valence-corrected chi connectivity index (χ1v) is 8.01. The van der Waals surface area contributed by atoms with E-state index in [-0.39, 0.29) is 25.2 Å². The van der Waals surface area contributed by atoms with E-state index in [0.717, 1.165) is 11.4 Å². The van der Waals surface area contributed by atoms with Crippen LogP contribution in [0.4, 0.5) is 10.8 Å². The predicted octanol–water partition coefficient (Wildman–Crippen LogP) is 2.26. The first kappa shape index (κ1) is 14.0. The molecule has 0 atom stereocenters. The Morgan fingerprint density at radius 3 is 2.78 bits per heavy atom. The third-order valence-electron chi connectivity index (χ3n) is 3.65. The summed E-state index contributed by atoms with van der Waals surface area (Å²) in [6, 6.07) is 5.56. The number of likely N-dealkylation sites (tertiary alicyclic amines) is 1. The zero-order valence-corrected chi connectivity index (χ0v) is 12.9. The van der Waals surface area contributed by atoms with Gasteiger partial charge in [-0.2, -0.15) is 0 Å². The number of imide groups is 1. The molecule has 7 nitrogen and oxygen atoms in total. The maximum atomic E-state index is 11.6. The second-order valence-electron chi connectivity index (χ2n) is 5.21. The number of ether oxygens (including phenoxy) is 2. The molecule has 2 aliphatic rings. The number of nitrogens with one attached hydrogen (secondary N) is 1. The monoisotopic (exact) mass is 331 g/mol. The molecule has 2 aliphatic heterocycles. The Morgan fingerprint density at radius 1 is 1.17 bits per heavy atom. The van der Waals surface area contributed by atoms with E-state index >= 15 is 0 Å². The van der Waals surface area contributed by atoms with Crippen molar-refractivity contribution in [1.82, 2.24) is 9.88 Å². The fourth-order valence-electron chi connectivity index (χ4n) is 2.50. The largest absolute Gasteiger partial charge is 0.454 e. The van der Waals surface area contributed by atoms with Crippen LogP contribution in [0.3, 0.4) is 0 Å². The number of rotatable bonds is 4. The summed E-state index contributed by atoms with van der Waals surface area (Å²) < 4.78 is 10.6. The molecule has 23 heavy (non-hydrogen) atoms. The molecule has 1 saturated heterocycles. The minimum Gasteiger partial charge on any atom is -0.454 e. The highest BCUT2D eigenvalue weighted by Crippen LogP contribution is 2.35. The van der Waals surface area contributed by atoms with Gasteiger partial charge in [0.25, 0.3) is 0 Å². The molecular formula is C15H13N3O4S. The maximum Gasteiger partial charge on any atom is 0.231 e. The molecule has 4 rings (SSSR count). The smallest absolute Gasteiger partial charge is 0.231 e. The molecule has 1 fully saturated rings. The Kier molecular flexibility index (Phi) is 3.38. The minimum absolute atomic E-state index is 0.131. The highest BCUT2D eigenvalue weighted by atomic mass is 32.1. The molecule has 0 spiro atoms. The van der Waals surface area contributed by atoms with E-state index in [9.17, 15) is 9.59 Å². The van der Waals surface area contributed by atoms with Crippen LogP contribution in [0.15, 0.2) is 23.6 Å². The molecule has 0 radical (unpaired) electrons. The molecule has 2 amide bonds. The van der Waals surface area contributed by atoms with Gasteiger partial charge in [0.2, 0.25) is 18.6 Å². The SMILES string of the molecule is O=C1CCC(=O)N1Cc1csc(Nc2ccc3c(c2)OCO3)n1. The Bertz CT molecular complexity index is 773. The highest BCUT2D eigenvalue weighted by Gasteiger charge is 2.29.